The van der Waals surface area contributed by atoms with Gasteiger partial charge in [-0.15, -0.1) is 0 Å². The highest BCUT2D eigenvalue weighted by molar-refractivity contribution is 4.99. The first kappa shape index (κ1) is 13.9. The Morgan fingerprint density at radius 2 is 1.94 bits per heavy atom. The predicted octanol–water partition coefficient (Wildman–Crippen LogP) is 2.00. The number of hydrogen-bond donors (Lipinski definition) is 1. The summed E-state index contributed by atoms with van der Waals surface area (Å²) in [5, 5.41) is 0. The molecule has 0 bridgehead atoms. The molecule has 1 saturated heterocycles. The van der Waals surface area contributed by atoms with Crippen LogP contribution in [0.1, 0.15) is 47.5 Å². The van der Waals surface area contributed by atoms with E-state index in [0.717, 1.165) is 19.4 Å². The van der Waals surface area contributed by atoms with E-state index in [9.17, 15) is 0 Å². The lowest BCUT2D eigenvalue weighted by Gasteiger charge is -2.34. The second-order valence-electron chi connectivity index (χ2n) is 6.43. The minimum Gasteiger partial charge on any atom is -0.368 e. The minimum atomic E-state index is -0.0594. The van der Waals surface area contributed by atoms with Crippen molar-refractivity contribution in [3.05, 3.63) is 0 Å². The van der Waals surface area contributed by atoms with Gasteiger partial charge in [-0.3, -0.25) is 0 Å². The molecule has 0 amide bonds. The van der Waals surface area contributed by atoms with E-state index < -0.39 is 0 Å². The maximum atomic E-state index is 6.10. The van der Waals surface area contributed by atoms with Crippen LogP contribution in [0.3, 0.4) is 0 Å². The fourth-order valence-corrected chi connectivity index (χ4v) is 2.78. The largest absolute Gasteiger partial charge is 0.368 e. The van der Waals surface area contributed by atoms with Crippen molar-refractivity contribution in [2.75, 3.05) is 13.6 Å². The maximum absolute atomic E-state index is 6.10. The molecule has 0 aromatic carbocycles. The molecule has 1 aliphatic rings. The number of rotatable bonds is 4. The van der Waals surface area contributed by atoms with Crippen molar-refractivity contribution < 1.29 is 4.74 Å². The molecule has 0 aromatic rings. The van der Waals surface area contributed by atoms with Crippen LogP contribution in [-0.4, -0.2) is 41.8 Å². The molecule has 2 atom stereocenters. The molecule has 0 spiro atoms. The topological polar surface area (TPSA) is 38.5 Å². The van der Waals surface area contributed by atoms with Gasteiger partial charge in [0.15, 0.2) is 0 Å². The van der Waals surface area contributed by atoms with Crippen LogP contribution >= 0.6 is 0 Å². The highest BCUT2D eigenvalue weighted by Crippen LogP contribution is 2.39. The monoisotopic (exact) mass is 228 g/mol. The summed E-state index contributed by atoms with van der Waals surface area (Å²) >= 11 is 0. The molecule has 1 fully saturated rings. The van der Waals surface area contributed by atoms with Crippen molar-refractivity contribution in [3.63, 3.8) is 0 Å². The third-order valence-electron chi connectivity index (χ3n) is 3.50. The Kier molecular flexibility index (Phi) is 4.04. The molecular weight excluding hydrogens is 200 g/mol. The summed E-state index contributed by atoms with van der Waals surface area (Å²) < 4.78 is 6.10. The average Bonchev–Trinajstić information content (AvgIpc) is 2.30. The van der Waals surface area contributed by atoms with Crippen molar-refractivity contribution in [2.45, 2.75) is 70.7 Å². The lowest BCUT2D eigenvalue weighted by Crippen LogP contribution is -2.45. The van der Waals surface area contributed by atoms with Crippen LogP contribution in [0.15, 0.2) is 0 Å². The predicted molar refractivity (Wildman–Crippen MR) is 68.5 cm³/mol. The molecule has 0 saturated carbocycles. The van der Waals surface area contributed by atoms with E-state index in [1.807, 2.05) is 0 Å². The molecule has 1 heterocycles. The Bertz CT molecular complexity index is 236. The van der Waals surface area contributed by atoms with Crippen molar-refractivity contribution >= 4 is 0 Å². The van der Waals surface area contributed by atoms with Gasteiger partial charge in [-0.2, -0.15) is 0 Å². The zero-order chi connectivity index (χ0) is 12.6. The molecule has 1 rings (SSSR count). The summed E-state index contributed by atoms with van der Waals surface area (Å²) in [5.74, 6) is 0. The van der Waals surface area contributed by atoms with Gasteiger partial charge in [-0.05, 0) is 61.1 Å². The average molecular weight is 228 g/mol. The van der Waals surface area contributed by atoms with Gasteiger partial charge in [-0.1, -0.05) is 0 Å². The van der Waals surface area contributed by atoms with Crippen LogP contribution in [-0.2, 0) is 4.74 Å². The van der Waals surface area contributed by atoms with Gasteiger partial charge >= 0.3 is 0 Å². The normalized spacial score (nSPS) is 29.6. The Morgan fingerprint density at radius 3 is 2.31 bits per heavy atom. The van der Waals surface area contributed by atoms with Crippen molar-refractivity contribution in [1.29, 1.82) is 0 Å². The molecule has 0 radical (unpaired) electrons. The highest BCUT2D eigenvalue weighted by Gasteiger charge is 2.47. The molecule has 0 aliphatic carbocycles. The van der Waals surface area contributed by atoms with E-state index >= 15 is 0 Å². The molecule has 16 heavy (non-hydrogen) atoms. The van der Waals surface area contributed by atoms with Crippen molar-refractivity contribution in [2.24, 2.45) is 5.73 Å². The zero-order valence-electron chi connectivity index (χ0n) is 11.7. The highest BCUT2D eigenvalue weighted by atomic mass is 16.5. The third-order valence-corrected chi connectivity index (χ3v) is 3.50. The quantitative estimate of drug-likeness (QED) is 0.800. The number of likely N-dealkylation sites (N-methyl/N-ethyl adjacent to an activating group) is 1. The van der Waals surface area contributed by atoms with Crippen molar-refractivity contribution in [1.82, 2.24) is 4.90 Å². The van der Waals surface area contributed by atoms with Crippen LogP contribution < -0.4 is 5.73 Å². The van der Waals surface area contributed by atoms with Gasteiger partial charge < -0.3 is 15.4 Å². The number of ether oxygens (including phenoxy) is 1. The van der Waals surface area contributed by atoms with Gasteiger partial charge in [0.05, 0.1) is 11.2 Å². The van der Waals surface area contributed by atoms with E-state index in [-0.39, 0.29) is 17.2 Å². The van der Waals surface area contributed by atoms with Gasteiger partial charge in [0.25, 0.3) is 0 Å². The number of nitrogens with two attached hydrogens (primary N) is 1. The SMILES string of the molecule is CC(N)CCN(C)C1CC(C)(C)OC1(C)C. The first-order valence-corrected chi connectivity index (χ1v) is 6.30. The van der Waals surface area contributed by atoms with Gasteiger partial charge in [0.2, 0.25) is 0 Å². The lowest BCUT2D eigenvalue weighted by molar-refractivity contribution is -0.0787. The molecular formula is C13H28N2O. The van der Waals surface area contributed by atoms with Gasteiger partial charge in [0.1, 0.15) is 0 Å². The second-order valence-corrected chi connectivity index (χ2v) is 6.43. The molecule has 3 heteroatoms. The van der Waals surface area contributed by atoms with E-state index in [1.54, 1.807) is 0 Å². The van der Waals surface area contributed by atoms with Crippen LogP contribution in [0.4, 0.5) is 0 Å². The summed E-state index contributed by atoms with van der Waals surface area (Å²) in [4.78, 5) is 2.40. The molecule has 96 valence electrons. The third kappa shape index (κ3) is 3.44. The first-order chi connectivity index (χ1) is 7.14. The van der Waals surface area contributed by atoms with Crippen LogP contribution in [0, 0.1) is 0 Å². The second kappa shape index (κ2) is 4.63. The lowest BCUT2D eigenvalue weighted by atomic mass is 9.93. The standard InChI is InChI=1S/C13H28N2O/c1-10(14)7-8-15(6)11-9-12(2,3)16-13(11,4)5/h10-11H,7-9,14H2,1-6H3. The van der Waals surface area contributed by atoms with E-state index in [2.05, 4.69) is 46.6 Å². The first-order valence-electron chi connectivity index (χ1n) is 6.30. The zero-order valence-corrected chi connectivity index (χ0v) is 11.7. The Labute approximate surface area is 100 Å². The molecule has 2 N–H and O–H groups in total. The van der Waals surface area contributed by atoms with E-state index in [1.165, 1.54) is 0 Å². The van der Waals surface area contributed by atoms with Crippen LogP contribution in [0.5, 0.6) is 0 Å². The number of nitrogens with zero attached hydrogens (tertiary/aromatic N) is 1. The van der Waals surface area contributed by atoms with Gasteiger partial charge in [-0.25, -0.2) is 0 Å². The maximum Gasteiger partial charge on any atom is 0.0789 e. The van der Waals surface area contributed by atoms with Gasteiger partial charge in [0, 0.05) is 12.1 Å². The fourth-order valence-electron chi connectivity index (χ4n) is 2.78. The Balaban J connectivity index is 2.59. The number of hydrogen-bond acceptors (Lipinski definition) is 3. The molecule has 1 aliphatic heterocycles. The summed E-state index contributed by atoms with van der Waals surface area (Å²) in [6.07, 6.45) is 2.14. The van der Waals surface area contributed by atoms with E-state index in [4.69, 9.17) is 10.5 Å². The minimum absolute atomic E-state index is 0.00322. The van der Waals surface area contributed by atoms with E-state index in [0.29, 0.717) is 6.04 Å². The summed E-state index contributed by atoms with van der Waals surface area (Å²) in [7, 11) is 2.18. The molecule has 2 unspecified atom stereocenters. The molecule has 3 nitrogen and oxygen atoms in total. The smallest absolute Gasteiger partial charge is 0.0789 e. The van der Waals surface area contributed by atoms with Crippen LogP contribution in [0.25, 0.3) is 0 Å². The summed E-state index contributed by atoms with van der Waals surface area (Å²) in [6, 6.07) is 0.766. The fraction of sp³-hybridized carbons (Fsp3) is 1.00. The Hall–Kier alpha value is -0.120. The summed E-state index contributed by atoms with van der Waals surface area (Å²) in [5.41, 5.74) is 5.74. The summed E-state index contributed by atoms with van der Waals surface area (Å²) in [6.45, 7) is 11.8. The molecule has 0 aromatic heterocycles. The van der Waals surface area contributed by atoms with Crippen LogP contribution in [0.2, 0.25) is 0 Å². The Morgan fingerprint density at radius 1 is 1.38 bits per heavy atom. The van der Waals surface area contributed by atoms with Crippen molar-refractivity contribution in [3.8, 4) is 0 Å².